The van der Waals surface area contributed by atoms with Crippen molar-refractivity contribution in [2.24, 2.45) is 0 Å². The first-order chi connectivity index (χ1) is 12.2. The Morgan fingerprint density at radius 1 is 0.760 bits per heavy atom. The molecule has 1 aromatic carbocycles. The zero-order chi connectivity index (χ0) is 18.6. The van der Waals surface area contributed by atoms with E-state index in [1.54, 1.807) is 19.1 Å². The SMILES string of the molecule is CC(O)Oc1ccccc1.CCCCCCCCCCCCCCO. The number of hydrogen-bond acceptors (Lipinski definition) is 3. The predicted molar refractivity (Wildman–Crippen MR) is 107 cm³/mol. The second kappa shape index (κ2) is 19.3. The lowest BCUT2D eigenvalue weighted by Crippen LogP contribution is -2.08. The van der Waals surface area contributed by atoms with E-state index in [4.69, 9.17) is 14.9 Å². The van der Waals surface area contributed by atoms with Crippen LogP contribution in [-0.4, -0.2) is 23.1 Å². The van der Waals surface area contributed by atoms with Gasteiger partial charge in [-0.25, -0.2) is 0 Å². The van der Waals surface area contributed by atoms with E-state index in [2.05, 4.69) is 6.92 Å². The molecular formula is C22H40O3. The van der Waals surface area contributed by atoms with Gasteiger partial charge in [-0.1, -0.05) is 95.8 Å². The molecule has 1 rings (SSSR count). The molecule has 0 radical (unpaired) electrons. The van der Waals surface area contributed by atoms with Crippen molar-refractivity contribution < 1.29 is 14.9 Å². The number of unbranched alkanes of at least 4 members (excludes halogenated alkanes) is 11. The normalized spacial score (nSPS) is 11.5. The standard InChI is InChI=1S/C14H30O.C8H10O2/c1-2-3-4-5-6-7-8-9-10-11-12-13-14-15;1-7(9)10-8-5-3-2-4-6-8/h15H,2-14H2,1H3;2-7,9H,1H3. The van der Waals surface area contributed by atoms with Gasteiger partial charge in [0.25, 0.3) is 0 Å². The van der Waals surface area contributed by atoms with Crippen LogP contribution in [-0.2, 0) is 0 Å². The van der Waals surface area contributed by atoms with Crippen LogP contribution in [0.3, 0.4) is 0 Å². The van der Waals surface area contributed by atoms with Crippen LogP contribution in [0.25, 0.3) is 0 Å². The monoisotopic (exact) mass is 352 g/mol. The summed E-state index contributed by atoms with van der Waals surface area (Å²) in [6.07, 6.45) is 15.5. The Bertz CT molecular complexity index is 340. The Labute approximate surface area is 155 Å². The Hall–Kier alpha value is -1.06. The molecule has 0 saturated heterocycles. The molecule has 25 heavy (non-hydrogen) atoms. The van der Waals surface area contributed by atoms with Crippen LogP contribution in [0.2, 0.25) is 0 Å². The molecule has 1 aromatic rings. The van der Waals surface area contributed by atoms with E-state index >= 15 is 0 Å². The van der Waals surface area contributed by atoms with Crippen molar-refractivity contribution in [1.29, 1.82) is 0 Å². The number of aliphatic hydroxyl groups is 2. The number of benzene rings is 1. The molecule has 0 heterocycles. The van der Waals surface area contributed by atoms with E-state index in [1.807, 2.05) is 18.2 Å². The Morgan fingerprint density at radius 3 is 1.60 bits per heavy atom. The quantitative estimate of drug-likeness (QED) is 0.315. The second-order valence-electron chi connectivity index (χ2n) is 6.64. The highest BCUT2D eigenvalue weighted by molar-refractivity contribution is 5.20. The smallest absolute Gasteiger partial charge is 0.194 e. The summed E-state index contributed by atoms with van der Waals surface area (Å²) in [6.45, 7) is 4.22. The fourth-order valence-corrected chi connectivity index (χ4v) is 2.65. The molecule has 0 bridgehead atoms. The van der Waals surface area contributed by atoms with Crippen molar-refractivity contribution in [2.75, 3.05) is 6.61 Å². The maximum Gasteiger partial charge on any atom is 0.194 e. The van der Waals surface area contributed by atoms with Crippen molar-refractivity contribution in [2.45, 2.75) is 97.2 Å². The molecule has 0 saturated carbocycles. The molecule has 0 spiro atoms. The van der Waals surface area contributed by atoms with Gasteiger partial charge in [-0.15, -0.1) is 0 Å². The highest BCUT2D eigenvalue weighted by Gasteiger charge is 1.94. The summed E-state index contributed by atoms with van der Waals surface area (Å²) in [5.74, 6) is 0.692. The largest absolute Gasteiger partial charge is 0.465 e. The summed E-state index contributed by atoms with van der Waals surface area (Å²) in [5, 5.41) is 17.4. The molecular weight excluding hydrogens is 312 g/mol. The molecule has 0 aliphatic heterocycles. The van der Waals surface area contributed by atoms with Crippen molar-refractivity contribution in [3.63, 3.8) is 0 Å². The number of aliphatic hydroxyl groups excluding tert-OH is 2. The van der Waals surface area contributed by atoms with Gasteiger partial charge >= 0.3 is 0 Å². The van der Waals surface area contributed by atoms with Crippen molar-refractivity contribution in [3.05, 3.63) is 30.3 Å². The van der Waals surface area contributed by atoms with E-state index in [0.717, 1.165) is 6.42 Å². The summed E-state index contributed by atoms with van der Waals surface area (Å²) >= 11 is 0. The number of rotatable bonds is 14. The van der Waals surface area contributed by atoms with Gasteiger partial charge in [-0.2, -0.15) is 0 Å². The fourth-order valence-electron chi connectivity index (χ4n) is 2.65. The van der Waals surface area contributed by atoms with Crippen LogP contribution in [0.5, 0.6) is 5.75 Å². The Balaban J connectivity index is 0.000000496. The second-order valence-corrected chi connectivity index (χ2v) is 6.64. The van der Waals surface area contributed by atoms with Crippen LogP contribution in [0.1, 0.15) is 90.9 Å². The zero-order valence-electron chi connectivity index (χ0n) is 16.5. The molecule has 0 amide bonds. The Kier molecular flexibility index (Phi) is 18.5. The summed E-state index contributed by atoms with van der Waals surface area (Å²) in [4.78, 5) is 0. The third-order valence-electron chi connectivity index (χ3n) is 4.06. The predicted octanol–water partition coefficient (Wildman–Crippen LogP) is 6.08. The van der Waals surface area contributed by atoms with Gasteiger partial charge in [0, 0.05) is 6.61 Å². The molecule has 3 nitrogen and oxygen atoms in total. The van der Waals surface area contributed by atoms with Gasteiger partial charge in [0.15, 0.2) is 6.29 Å². The maximum absolute atomic E-state index is 8.78. The van der Waals surface area contributed by atoms with E-state index < -0.39 is 6.29 Å². The zero-order valence-corrected chi connectivity index (χ0v) is 16.5. The Morgan fingerprint density at radius 2 is 1.20 bits per heavy atom. The minimum atomic E-state index is -0.734. The third kappa shape index (κ3) is 19.1. The first-order valence-electron chi connectivity index (χ1n) is 10.2. The van der Waals surface area contributed by atoms with Gasteiger partial charge in [0.2, 0.25) is 0 Å². The van der Waals surface area contributed by atoms with E-state index in [1.165, 1.54) is 70.6 Å². The van der Waals surface area contributed by atoms with Gasteiger partial charge in [-0.05, 0) is 25.5 Å². The maximum atomic E-state index is 8.78. The molecule has 0 aliphatic carbocycles. The first kappa shape index (κ1) is 23.9. The van der Waals surface area contributed by atoms with E-state index in [0.29, 0.717) is 12.4 Å². The summed E-state index contributed by atoms with van der Waals surface area (Å²) in [5.41, 5.74) is 0. The van der Waals surface area contributed by atoms with Crippen LogP contribution in [0.4, 0.5) is 0 Å². The molecule has 0 fully saturated rings. The van der Waals surface area contributed by atoms with Crippen LogP contribution in [0.15, 0.2) is 30.3 Å². The molecule has 0 aromatic heterocycles. The molecule has 3 heteroatoms. The highest BCUT2D eigenvalue weighted by Crippen LogP contribution is 2.11. The van der Waals surface area contributed by atoms with Crippen molar-refractivity contribution >= 4 is 0 Å². The lowest BCUT2D eigenvalue weighted by Gasteiger charge is -2.06. The first-order valence-corrected chi connectivity index (χ1v) is 10.2. The number of hydrogen-bond donors (Lipinski definition) is 2. The summed E-state index contributed by atoms with van der Waals surface area (Å²) < 4.78 is 4.97. The highest BCUT2D eigenvalue weighted by atomic mass is 16.6. The molecule has 1 unspecified atom stereocenters. The van der Waals surface area contributed by atoms with Gasteiger partial charge in [0.05, 0.1) is 0 Å². The van der Waals surface area contributed by atoms with Crippen molar-refractivity contribution in [1.82, 2.24) is 0 Å². The average Bonchev–Trinajstić information content (AvgIpc) is 2.61. The van der Waals surface area contributed by atoms with Gasteiger partial charge in [-0.3, -0.25) is 0 Å². The molecule has 1 atom stereocenters. The minimum Gasteiger partial charge on any atom is -0.465 e. The fraction of sp³-hybridized carbons (Fsp3) is 0.727. The summed E-state index contributed by atoms with van der Waals surface area (Å²) in [6, 6.07) is 9.21. The lowest BCUT2D eigenvalue weighted by atomic mass is 10.1. The van der Waals surface area contributed by atoms with Gasteiger partial charge < -0.3 is 14.9 Å². The lowest BCUT2D eigenvalue weighted by molar-refractivity contribution is -0.000289. The molecule has 0 aliphatic rings. The van der Waals surface area contributed by atoms with Crippen LogP contribution >= 0.6 is 0 Å². The third-order valence-corrected chi connectivity index (χ3v) is 4.06. The van der Waals surface area contributed by atoms with Gasteiger partial charge in [0.1, 0.15) is 5.75 Å². The average molecular weight is 353 g/mol. The van der Waals surface area contributed by atoms with E-state index in [-0.39, 0.29) is 0 Å². The summed E-state index contributed by atoms with van der Waals surface area (Å²) in [7, 11) is 0. The van der Waals surface area contributed by atoms with Crippen molar-refractivity contribution in [3.8, 4) is 5.75 Å². The number of ether oxygens (including phenoxy) is 1. The van der Waals surface area contributed by atoms with E-state index in [9.17, 15) is 0 Å². The number of para-hydroxylation sites is 1. The minimum absolute atomic E-state index is 0.372. The molecule has 2 N–H and O–H groups in total. The van der Waals surface area contributed by atoms with Crippen LogP contribution in [0, 0.1) is 0 Å². The van der Waals surface area contributed by atoms with Crippen LogP contribution < -0.4 is 4.74 Å². The molecule has 146 valence electrons. The topological polar surface area (TPSA) is 49.7 Å².